The smallest absolute Gasteiger partial charge is 0.227 e. The number of benzene rings is 1. The zero-order chi connectivity index (χ0) is 14.4. The number of rotatable bonds is 6. The molecule has 1 aromatic carbocycles. The molecule has 2 N–H and O–H groups in total. The van der Waals surface area contributed by atoms with E-state index in [1.165, 1.54) is 6.33 Å². The van der Waals surface area contributed by atoms with Crippen molar-refractivity contribution in [2.24, 2.45) is 0 Å². The molecule has 5 nitrogen and oxygen atoms in total. The molecular weight excluding hydrogens is 254 g/mol. The molecule has 0 aliphatic rings. The first-order valence-electron chi connectivity index (χ1n) is 6.67. The van der Waals surface area contributed by atoms with Gasteiger partial charge in [0.15, 0.2) is 0 Å². The lowest BCUT2D eigenvalue weighted by atomic mass is 10.1. The molecule has 5 heteroatoms. The number of nitrogens with one attached hydrogen (secondary N) is 1. The van der Waals surface area contributed by atoms with E-state index in [2.05, 4.69) is 22.2 Å². The first kappa shape index (κ1) is 14.3. The number of hydrogen-bond donors (Lipinski definition) is 2. The Hall–Kier alpha value is -2.14. The molecule has 0 aliphatic carbocycles. The maximum Gasteiger partial charge on any atom is 0.227 e. The summed E-state index contributed by atoms with van der Waals surface area (Å²) in [6.07, 6.45) is 3.32. The molecule has 0 radical (unpaired) electrons. The minimum absolute atomic E-state index is 0.0266. The van der Waals surface area contributed by atoms with Gasteiger partial charge in [0, 0.05) is 7.05 Å². The lowest BCUT2D eigenvalue weighted by Gasteiger charge is -2.12. The number of anilines is 1. The average Bonchev–Trinajstić information content (AvgIpc) is 2.50. The Morgan fingerprint density at radius 1 is 1.20 bits per heavy atom. The van der Waals surface area contributed by atoms with Crippen LogP contribution < -0.4 is 10.1 Å². The van der Waals surface area contributed by atoms with Crippen molar-refractivity contribution in [1.82, 2.24) is 9.97 Å². The number of aromatic nitrogens is 2. The van der Waals surface area contributed by atoms with Gasteiger partial charge in [0.05, 0.1) is 12.2 Å². The van der Waals surface area contributed by atoms with E-state index in [9.17, 15) is 0 Å². The standard InChI is InChI=1S/C15H19N3O2/c1-3-4-13-14(16-2)17-10-18-15(13)20-12-7-5-11(9-19)6-8-12/h5-8,10,19H,3-4,9H2,1-2H3,(H,16,17,18). The van der Waals surface area contributed by atoms with Crippen LogP contribution >= 0.6 is 0 Å². The van der Waals surface area contributed by atoms with Crippen molar-refractivity contribution >= 4 is 5.82 Å². The maximum atomic E-state index is 9.03. The lowest BCUT2D eigenvalue weighted by Crippen LogP contribution is -2.03. The molecule has 0 unspecified atom stereocenters. The van der Waals surface area contributed by atoms with Gasteiger partial charge in [0.25, 0.3) is 0 Å². The highest BCUT2D eigenvalue weighted by molar-refractivity contribution is 5.49. The summed E-state index contributed by atoms with van der Waals surface area (Å²) in [5.41, 5.74) is 1.83. The van der Waals surface area contributed by atoms with Crippen molar-refractivity contribution in [1.29, 1.82) is 0 Å². The Morgan fingerprint density at radius 3 is 2.55 bits per heavy atom. The zero-order valence-corrected chi connectivity index (χ0v) is 11.8. The molecule has 0 saturated heterocycles. The predicted molar refractivity (Wildman–Crippen MR) is 78.0 cm³/mol. The molecule has 106 valence electrons. The van der Waals surface area contributed by atoms with Crippen molar-refractivity contribution in [3.8, 4) is 11.6 Å². The van der Waals surface area contributed by atoms with Crippen molar-refractivity contribution in [3.05, 3.63) is 41.7 Å². The largest absolute Gasteiger partial charge is 0.439 e. The molecule has 0 aliphatic heterocycles. The molecular formula is C15H19N3O2. The monoisotopic (exact) mass is 273 g/mol. The second kappa shape index (κ2) is 6.86. The third kappa shape index (κ3) is 3.24. The van der Waals surface area contributed by atoms with Crippen LogP contribution in [-0.2, 0) is 13.0 Å². The summed E-state index contributed by atoms with van der Waals surface area (Å²) >= 11 is 0. The summed E-state index contributed by atoms with van der Waals surface area (Å²) < 4.78 is 5.83. The fraction of sp³-hybridized carbons (Fsp3) is 0.333. The van der Waals surface area contributed by atoms with Gasteiger partial charge >= 0.3 is 0 Å². The molecule has 2 aromatic rings. The van der Waals surface area contributed by atoms with Crippen molar-refractivity contribution in [2.45, 2.75) is 26.4 Å². The van der Waals surface area contributed by atoms with Gasteiger partial charge in [-0.25, -0.2) is 9.97 Å². The molecule has 0 amide bonds. The van der Waals surface area contributed by atoms with Gasteiger partial charge < -0.3 is 15.2 Å². The van der Waals surface area contributed by atoms with E-state index in [1.807, 2.05) is 31.3 Å². The van der Waals surface area contributed by atoms with Gasteiger partial charge in [0.1, 0.15) is 17.9 Å². The molecule has 0 spiro atoms. The second-order valence-electron chi connectivity index (χ2n) is 4.41. The lowest BCUT2D eigenvalue weighted by molar-refractivity contribution is 0.281. The summed E-state index contributed by atoms with van der Waals surface area (Å²) in [6, 6.07) is 7.30. The fourth-order valence-electron chi connectivity index (χ4n) is 1.95. The van der Waals surface area contributed by atoms with E-state index in [-0.39, 0.29) is 6.61 Å². The molecule has 1 aromatic heterocycles. The van der Waals surface area contributed by atoms with E-state index in [4.69, 9.17) is 9.84 Å². The second-order valence-corrected chi connectivity index (χ2v) is 4.41. The van der Waals surface area contributed by atoms with Crippen LogP contribution in [0.3, 0.4) is 0 Å². The third-order valence-electron chi connectivity index (χ3n) is 2.96. The molecule has 0 atom stereocenters. The highest BCUT2D eigenvalue weighted by atomic mass is 16.5. The minimum atomic E-state index is 0.0266. The van der Waals surface area contributed by atoms with E-state index < -0.39 is 0 Å². The number of aliphatic hydroxyl groups is 1. The highest BCUT2D eigenvalue weighted by Gasteiger charge is 2.11. The third-order valence-corrected chi connectivity index (χ3v) is 2.96. The van der Waals surface area contributed by atoms with E-state index in [0.29, 0.717) is 11.6 Å². The minimum Gasteiger partial charge on any atom is -0.439 e. The van der Waals surface area contributed by atoms with Crippen LogP contribution in [0.4, 0.5) is 5.82 Å². The SMILES string of the molecule is CCCc1c(NC)ncnc1Oc1ccc(CO)cc1. The molecule has 0 saturated carbocycles. The Bertz CT molecular complexity index is 556. The Morgan fingerprint density at radius 2 is 1.95 bits per heavy atom. The molecule has 0 bridgehead atoms. The summed E-state index contributed by atoms with van der Waals surface area (Å²) in [6.45, 7) is 2.13. The van der Waals surface area contributed by atoms with Crippen molar-refractivity contribution < 1.29 is 9.84 Å². The van der Waals surface area contributed by atoms with Crippen LogP contribution in [0, 0.1) is 0 Å². The predicted octanol–water partition coefficient (Wildman–Crippen LogP) is 2.76. The quantitative estimate of drug-likeness (QED) is 0.847. The van der Waals surface area contributed by atoms with Crippen LogP contribution in [0.2, 0.25) is 0 Å². The van der Waals surface area contributed by atoms with Crippen LogP contribution in [-0.4, -0.2) is 22.1 Å². The topological polar surface area (TPSA) is 67.3 Å². The van der Waals surface area contributed by atoms with Crippen molar-refractivity contribution in [3.63, 3.8) is 0 Å². The number of hydrogen-bond acceptors (Lipinski definition) is 5. The van der Waals surface area contributed by atoms with Crippen molar-refractivity contribution in [2.75, 3.05) is 12.4 Å². The van der Waals surface area contributed by atoms with Gasteiger partial charge in [-0.2, -0.15) is 0 Å². The Balaban J connectivity index is 2.27. The van der Waals surface area contributed by atoms with Crippen LogP contribution in [0.15, 0.2) is 30.6 Å². The zero-order valence-electron chi connectivity index (χ0n) is 11.8. The number of nitrogens with zero attached hydrogens (tertiary/aromatic N) is 2. The first-order valence-corrected chi connectivity index (χ1v) is 6.67. The number of ether oxygens (including phenoxy) is 1. The summed E-state index contributed by atoms with van der Waals surface area (Å²) in [5.74, 6) is 2.06. The van der Waals surface area contributed by atoms with Crippen LogP contribution in [0.25, 0.3) is 0 Å². The van der Waals surface area contributed by atoms with Crippen LogP contribution in [0.5, 0.6) is 11.6 Å². The highest BCUT2D eigenvalue weighted by Crippen LogP contribution is 2.28. The Kier molecular flexibility index (Phi) is 4.90. The van der Waals surface area contributed by atoms with Crippen LogP contribution in [0.1, 0.15) is 24.5 Å². The van der Waals surface area contributed by atoms with Gasteiger partial charge in [0.2, 0.25) is 5.88 Å². The molecule has 20 heavy (non-hydrogen) atoms. The normalized spacial score (nSPS) is 10.3. The summed E-state index contributed by atoms with van der Waals surface area (Å²) in [4.78, 5) is 8.43. The van der Waals surface area contributed by atoms with Gasteiger partial charge in [-0.3, -0.25) is 0 Å². The van der Waals surface area contributed by atoms with E-state index in [1.54, 1.807) is 0 Å². The van der Waals surface area contributed by atoms with Gasteiger partial charge in [-0.05, 0) is 24.1 Å². The molecule has 0 fully saturated rings. The van der Waals surface area contributed by atoms with E-state index >= 15 is 0 Å². The number of aliphatic hydroxyl groups excluding tert-OH is 1. The molecule has 2 rings (SSSR count). The Labute approximate surface area is 118 Å². The first-order chi connectivity index (χ1) is 9.78. The fourth-order valence-corrected chi connectivity index (χ4v) is 1.95. The summed E-state index contributed by atoms with van der Waals surface area (Å²) in [5, 5.41) is 12.1. The van der Waals surface area contributed by atoms with Gasteiger partial charge in [-0.15, -0.1) is 0 Å². The average molecular weight is 273 g/mol. The van der Waals surface area contributed by atoms with Gasteiger partial charge in [-0.1, -0.05) is 25.5 Å². The van der Waals surface area contributed by atoms with E-state index in [0.717, 1.165) is 29.8 Å². The molecule has 1 heterocycles. The summed E-state index contributed by atoms with van der Waals surface area (Å²) in [7, 11) is 1.83. The maximum absolute atomic E-state index is 9.03.